The lowest BCUT2D eigenvalue weighted by molar-refractivity contribution is 0.621. The normalized spacial score (nSPS) is 16.4. The number of nitrogens with one attached hydrogen (secondary N) is 1. The van der Waals surface area contributed by atoms with Crippen molar-refractivity contribution in [1.29, 1.82) is 0 Å². The van der Waals surface area contributed by atoms with Crippen LogP contribution >= 0.6 is 15.9 Å². The molecule has 0 bridgehead atoms. The van der Waals surface area contributed by atoms with Crippen LogP contribution in [0.3, 0.4) is 0 Å². The number of hydrogen-bond acceptors (Lipinski definition) is 2. The van der Waals surface area contributed by atoms with Gasteiger partial charge in [-0.1, -0.05) is 22.9 Å². The lowest BCUT2D eigenvalue weighted by Gasteiger charge is -2.31. The van der Waals surface area contributed by atoms with E-state index < -0.39 is 0 Å². The van der Waals surface area contributed by atoms with Crippen LogP contribution in [0.4, 0.5) is 5.69 Å². The van der Waals surface area contributed by atoms with Crippen LogP contribution in [-0.2, 0) is 6.54 Å². The molecule has 1 unspecified atom stereocenters. The van der Waals surface area contributed by atoms with Crippen molar-refractivity contribution < 1.29 is 0 Å². The monoisotopic (exact) mass is 324 g/mol. The highest BCUT2D eigenvalue weighted by Gasteiger charge is 2.21. The minimum absolute atomic E-state index is 0.589. The molecule has 0 spiro atoms. The first kappa shape index (κ1) is 14.9. The van der Waals surface area contributed by atoms with E-state index in [1.165, 1.54) is 35.0 Å². The number of hydrogen-bond donors (Lipinski definition) is 1. The maximum atomic E-state index is 3.63. The van der Waals surface area contributed by atoms with E-state index in [1.54, 1.807) is 0 Å². The molecule has 2 nitrogen and oxygen atoms in total. The van der Waals surface area contributed by atoms with Crippen LogP contribution in [-0.4, -0.2) is 18.6 Å². The van der Waals surface area contributed by atoms with Crippen LogP contribution < -0.4 is 10.2 Å². The third-order valence-electron chi connectivity index (χ3n) is 3.97. The van der Waals surface area contributed by atoms with E-state index >= 15 is 0 Å². The molecule has 19 heavy (non-hydrogen) atoms. The summed E-state index contributed by atoms with van der Waals surface area (Å²) in [5.74, 6) is 0. The molecule has 1 aromatic rings. The Bertz CT molecular complexity index is 415. The van der Waals surface area contributed by atoms with Gasteiger partial charge in [-0.3, -0.25) is 0 Å². The molecule has 1 aliphatic carbocycles. The topological polar surface area (TPSA) is 15.3 Å². The van der Waals surface area contributed by atoms with Crippen LogP contribution in [0.1, 0.15) is 45.6 Å². The van der Waals surface area contributed by atoms with Crippen LogP contribution in [0.2, 0.25) is 0 Å². The Hall–Kier alpha value is -0.540. The average molecular weight is 325 g/mol. The molecule has 0 radical (unpaired) electrons. The molecule has 1 aliphatic rings. The van der Waals surface area contributed by atoms with Crippen molar-refractivity contribution in [3.8, 4) is 0 Å². The maximum Gasteiger partial charge on any atom is 0.0414 e. The summed E-state index contributed by atoms with van der Waals surface area (Å²) >= 11 is 3.60. The van der Waals surface area contributed by atoms with Crippen molar-refractivity contribution in [2.75, 3.05) is 11.4 Å². The second-order valence-corrected chi connectivity index (χ2v) is 6.39. The van der Waals surface area contributed by atoms with E-state index in [0.717, 1.165) is 19.1 Å². The number of nitrogens with zero attached hydrogens (tertiary/aromatic N) is 1. The standard InChI is InChI=1S/C16H25BrN2/c1-4-12(3)19(5-2)16-9-6-14(17)10-13(16)11-18-15-7-8-15/h6,9-10,12,15,18H,4-5,7-8,11H2,1-3H3. The zero-order chi connectivity index (χ0) is 13.8. The molecule has 1 atom stereocenters. The third kappa shape index (κ3) is 3.96. The molecule has 1 N–H and O–H groups in total. The van der Waals surface area contributed by atoms with E-state index in [0.29, 0.717) is 6.04 Å². The van der Waals surface area contributed by atoms with Gasteiger partial charge in [-0.25, -0.2) is 0 Å². The van der Waals surface area contributed by atoms with E-state index in [1.807, 2.05) is 0 Å². The summed E-state index contributed by atoms with van der Waals surface area (Å²) < 4.78 is 1.17. The fraction of sp³-hybridized carbons (Fsp3) is 0.625. The molecule has 106 valence electrons. The van der Waals surface area contributed by atoms with Gasteiger partial charge in [0.1, 0.15) is 0 Å². The summed E-state index contributed by atoms with van der Waals surface area (Å²) in [7, 11) is 0. The number of benzene rings is 1. The molecule has 0 amide bonds. The van der Waals surface area contributed by atoms with Gasteiger partial charge in [0.15, 0.2) is 0 Å². The van der Waals surface area contributed by atoms with Crippen molar-refractivity contribution in [2.24, 2.45) is 0 Å². The van der Waals surface area contributed by atoms with Gasteiger partial charge < -0.3 is 10.2 Å². The maximum absolute atomic E-state index is 3.63. The van der Waals surface area contributed by atoms with Gasteiger partial charge in [-0.15, -0.1) is 0 Å². The average Bonchev–Trinajstić information content (AvgIpc) is 3.23. The summed E-state index contributed by atoms with van der Waals surface area (Å²) in [6, 6.07) is 8.01. The van der Waals surface area contributed by atoms with E-state index in [-0.39, 0.29) is 0 Å². The highest BCUT2D eigenvalue weighted by Crippen LogP contribution is 2.28. The smallest absolute Gasteiger partial charge is 0.0414 e. The van der Waals surface area contributed by atoms with Gasteiger partial charge >= 0.3 is 0 Å². The van der Waals surface area contributed by atoms with Gasteiger partial charge in [0.05, 0.1) is 0 Å². The van der Waals surface area contributed by atoms with Crippen LogP contribution in [0.25, 0.3) is 0 Å². The molecular weight excluding hydrogens is 300 g/mol. The van der Waals surface area contributed by atoms with Gasteiger partial charge in [0.2, 0.25) is 0 Å². The molecule has 0 aliphatic heterocycles. The lowest BCUT2D eigenvalue weighted by atomic mass is 10.1. The lowest BCUT2D eigenvalue weighted by Crippen LogP contribution is -2.33. The van der Waals surface area contributed by atoms with Crippen molar-refractivity contribution in [1.82, 2.24) is 5.32 Å². The van der Waals surface area contributed by atoms with Gasteiger partial charge in [0, 0.05) is 35.3 Å². The first-order valence-corrected chi connectivity index (χ1v) is 8.23. The zero-order valence-corrected chi connectivity index (χ0v) is 13.8. The minimum Gasteiger partial charge on any atom is -0.369 e. The molecule has 1 fully saturated rings. The van der Waals surface area contributed by atoms with Gasteiger partial charge in [0.25, 0.3) is 0 Å². The van der Waals surface area contributed by atoms with Crippen LogP contribution in [0, 0.1) is 0 Å². The quantitative estimate of drug-likeness (QED) is 0.803. The minimum atomic E-state index is 0.589. The van der Waals surface area contributed by atoms with Gasteiger partial charge in [-0.05, 0) is 56.9 Å². The van der Waals surface area contributed by atoms with Crippen molar-refractivity contribution >= 4 is 21.6 Å². The second-order valence-electron chi connectivity index (χ2n) is 5.47. The summed E-state index contributed by atoms with van der Waals surface area (Å²) in [5.41, 5.74) is 2.79. The summed E-state index contributed by atoms with van der Waals surface area (Å²) in [4.78, 5) is 2.51. The Balaban J connectivity index is 2.20. The predicted octanol–water partition coefficient (Wildman–Crippen LogP) is 4.33. The number of rotatable bonds is 7. The Labute approximate surface area is 125 Å². The van der Waals surface area contributed by atoms with E-state index in [4.69, 9.17) is 0 Å². The zero-order valence-electron chi connectivity index (χ0n) is 12.2. The predicted molar refractivity (Wildman–Crippen MR) is 86.8 cm³/mol. The highest BCUT2D eigenvalue weighted by atomic mass is 79.9. The molecule has 0 aromatic heterocycles. The Morgan fingerprint density at radius 3 is 2.68 bits per heavy atom. The van der Waals surface area contributed by atoms with E-state index in [9.17, 15) is 0 Å². The number of halogens is 1. The van der Waals surface area contributed by atoms with Crippen molar-refractivity contribution in [3.63, 3.8) is 0 Å². The summed E-state index contributed by atoms with van der Waals surface area (Å²) in [6.45, 7) is 8.85. The Kier molecular flexibility index (Phi) is 5.28. The van der Waals surface area contributed by atoms with Crippen molar-refractivity contribution in [2.45, 2.75) is 58.7 Å². The first-order chi connectivity index (χ1) is 9.15. The first-order valence-electron chi connectivity index (χ1n) is 7.44. The molecule has 3 heteroatoms. The summed E-state index contributed by atoms with van der Waals surface area (Å²) in [5, 5.41) is 3.63. The fourth-order valence-electron chi connectivity index (χ4n) is 2.46. The van der Waals surface area contributed by atoms with Crippen LogP contribution in [0.5, 0.6) is 0 Å². The van der Waals surface area contributed by atoms with E-state index in [2.05, 4.69) is 65.1 Å². The third-order valence-corrected chi connectivity index (χ3v) is 4.47. The molecule has 1 saturated carbocycles. The van der Waals surface area contributed by atoms with Crippen molar-refractivity contribution in [3.05, 3.63) is 28.2 Å². The number of anilines is 1. The Morgan fingerprint density at radius 1 is 1.37 bits per heavy atom. The SMILES string of the molecule is CCC(C)N(CC)c1ccc(Br)cc1CNC1CC1. The fourth-order valence-corrected chi connectivity index (χ4v) is 2.87. The molecule has 0 saturated heterocycles. The molecular formula is C16H25BrN2. The second kappa shape index (κ2) is 6.76. The Morgan fingerprint density at radius 2 is 2.11 bits per heavy atom. The molecule has 0 heterocycles. The molecule has 1 aromatic carbocycles. The highest BCUT2D eigenvalue weighted by molar-refractivity contribution is 9.10. The largest absolute Gasteiger partial charge is 0.369 e. The van der Waals surface area contributed by atoms with Crippen LogP contribution in [0.15, 0.2) is 22.7 Å². The van der Waals surface area contributed by atoms with Gasteiger partial charge in [-0.2, -0.15) is 0 Å². The summed E-state index contributed by atoms with van der Waals surface area (Å²) in [6.07, 6.45) is 3.86. The molecule has 2 rings (SSSR count).